The molecular formula is C22H17N3O3S. The van der Waals surface area contributed by atoms with Crippen LogP contribution >= 0.6 is 11.3 Å². The third-order valence-electron chi connectivity index (χ3n) is 4.64. The molecule has 29 heavy (non-hydrogen) atoms. The second-order valence-corrected chi connectivity index (χ2v) is 7.58. The van der Waals surface area contributed by atoms with E-state index in [9.17, 15) is 4.79 Å². The van der Waals surface area contributed by atoms with Gasteiger partial charge in [0, 0.05) is 12.1 Å². The molecule has 2 heterocycles. The summed E-state index contributed by atoms with van der Waals surface area (Å²) in [6, 6.07) is 22.9. The fourth-order valence-corrected chi connectivity index (χ4v) is 4.16. The number of anilines is 1. The first-order valence-electron chi connectivity index (χ1n) is 9.14. The fourth-order valence-electron chi connectivity index (χ4n) is 3.29. The van der Waals surface area contributed by atoms with Crippen LogP contribution in [-0.2, 0) is 0 Å². The molecule has 5 rings (SSSR count). The van der Waals surface area contributed by atoms with Crippen LogP contribution in [0.4, 0.5) is 9.93 Å². The highest BCUT2D eigenvalue weighted by atomic mass is 32.1. The highest BCUT2D eigenvalue weighted by Crippen LogP contribution is 2.39. The average molecular weight is 403 g/mol. The van der Waals surface area contributed by atoms with E-state index in [2.05, 4.69) is 15.6 Å². The van der Waals surface area contributed by atoms with Gasteiger partial charge in [0.25, 0.3) is 0 Å². The lowest BCUT2D eigenvalue weighted by Crippen LogP contribution is -2.33. The highest BCUT2D eigenvalue weighted by Gasteiger charge is 2.19. The number of aromatic nitrogens is 1. The van der Waals surface area contributed by atoms with E-state index in [1.54, 1.807) is 0 Å². The standard InChI is InChI=1S/C22H17N3O3S/c26-21(24-20(14-7-3-1-4-8-14)15-9-5-2-6-10-15)25-22-23-16-11-17-18(28-13-27-17)12-19(16)29-22/h1-12,20H,13H2,(H2,23,24,25,26). The second kappa shape index (κ2) is 7.44. The molecule has 6 nitrogen and oxygen atoms in total. The molecule has 0 atom stereocenters. The Morgan fingerprint density at radius 3 is 2.21 bits per heavy atom. The second-order valence-electron chi connectivity index (χ2n) is 6.55. The maximum absolute atomic E-state index is 12.7. The van der Waals surface area contributed by atoms with Gasteiger partial charge in [-0.05, 0) is 11.1 Å². The number of urea groups is 1. The molecule has 2 amide bonds. The van der Waals surface area contributed by atoms with Crippen molar-refractivity contribution in [3.05, 3.63) is 83.9 Å². The first kappa shape index (κ1) is 17.5. The fraction of sp³-hybridized carbons (Fsp3) is 0.0909. The van der Waals surface area contributed by atoms with E-state index in [4.69, 9.17) is 9.47 Å². The molecule has 0 unspecified atom stereocenters. The Kier molecular flexibility index (Phi) is 4.50. The molecule has 0 spiro atoms. The summed E-state index contributed by atoms with van der Waals surface area (Å²) in [5.41, 5.74) is 2.77. The first-order chi connectivity index (χ1) is 14.3. The smallest absolute Gasteiger partial charge is 0.321 e. The van der Waals surface area contributed by atoms with Crippen molar-refractivity contribution < 1.29 is 14.3 Å². The largest absolute Gasteiger partial charge is 0.454 e. The van der Waals surface area contributed by atoms with Gasteiger partial charge >= 0.3 is 6.03 Å². The zero-order chi connectivity index (χ0) is 19.6. The van der Waals surface area contributed by atoms with Gasteiger partial charge < -0.3 is 14.8 Å². The molecule has 144 valence electrons. The van der Waals surface area contributed by atoms with Crippen molar-refractivity contribution in [1.82, 2.24) is 10.3 Å². The molecule has 3 aromatic carbocycles. The van der Waals surface area contributed by atoms with E-state index in [0.717, 1.165) is 21.3 Å². The number of carbonyl (C=O) groups excluding carboxylic acids is 1. The van der Waals surface area contributed by atoms with Crippen molar-refractivity contribution in [2.75, 3.05) is 12.1 Å². The number of nitrogens with one attached hydrogen (secondary N) is 2. The zero-order valence-corrected chi connectivity index (χ0v) is 16.1. The van der Waals surface area contributed by atoms with Gasteiger partial charge in [-0.25, -0.2) is 9.78 Å². The molecule has 1 aliphatic heterocycles. The number of rotatable bonds is 4. The summed E-state index contributed by atoms with van der Waals surface area (Å²) < 4.78 is 11.7. The lowest BCUT2D eigenvalue weighted by Gasteiger charge is -2.19. The van der Waals surface area contributed by atoms with Gasteiger partial charge in [-0.2, -0.15) is 0 Å². The SMILES string of the molecule is O=C(Nc1nc2cc3c(cc2s1)OCO3)NC(c1ccccc1)c1ccccc1. The summed E-state index contributed by atoms with van der Waals surface area (Å²) in [7, 11) is 0. The van der Waals surface area contributed by atoms with E-state index in [-0.39, 0.29) is 18.9 Å². The summed E-state index contributed by atoms with van der Waals surface area (Å²) in [4.78, 5) is 17.2. The minimum atomic E-state index is -0.318. The Morgan fingerprint density at radius 2 is 1.55 bits per heavy atom. The van der Waals surface area contributed by atoms with Crippen LogP contribution in [0.5, 0.6) is 11.5 Å². The van der Waals surface area contributed by atoms with Crippen LogP contribution in [0.1, 0.15) is 17.2 Å². The number of nitrogens with zero attached hydrogens (tertiary/aromatic N) is 1. The Morgan fingerprint density at radius 1 is 0.931 bits per heavy atom. The molecule has 0 saturated heterocycles. The number of amides is 2. The Bertz CT molecular complexity index is 1080. The zero-order valence-electron chi connectivity index (χ0n) is 15.3. The van der Waals surface area contributed by atoms with Gasteiger partial charge in [0.2, 0.25) is 6.79 Å². The maximum atomic E-state index is 12.7. The average Bonchev–Trinajstić information content (AvgIpc) is 3.36. The minimum absolute atomic E-state index is 0.223. The minimum Gasteiger partial charge on any atom is -0.454 e. The van der Waals surface area contributed by atoms with Crippen molar-refractivity contribution in [3.8, 4) is 11.5 Å². The summed E-state index contributed by atoms with van der Waals surface area (Å²) >= 11 is 1.39. The number of carbonyl (C=O) groups is 1. The number of hydrogen-bond acceptors (Lipinski definition) is 5. The topological polar surface area (TPSA) is 72.5 Å². The first-order valence-corrected chi connectivity index (χ1v) is 9.95. The van der Waals surface area contributed by atoms with Crippen molar-refractivity contribution in [1.29, 1.82) is 0 Å². The Hall–Kier alpha value is -3.58. The van der Waals surface area contributed by atoms with Gasteiger partial charge in [0.1, 0.15) is 0 Å². The van der Waals surface area contributed by atoms with E-state index >= 15 is 0 Å². The van der Waals surface area contributed by atoms with Crippen LogP contribution < -0.4 is 20.1 Å². The quantitative estimate of drug-likeness (QED) is 0.506. The number of hydrogen-bond donors (Lipinski definition) is 2. The summed E-state index contributed by atoms with van der Waals surface area (Å²) in [6.07, 6.45) is 0. The van der Waals surface area contributed by atoms with Gasteiger partial charge in [-0.15, -0.1) is 0 Å². The van der Waals surface area contributed by atoms with Crippen LogP contribution in [0, 0.1) is 0 Å². The van der Waals surface area contributed by atoms with E-state index in [0.29, 0.717) is 16.6 Å². The number of benzene rings is 3. The Labute approximate surface area is 171 Å². The molecule has 0 radical (unpaired) electrons. The number of fused-ring (bicyclic) bond motifs is 2. The molecule has 1 aromatic heterocycles. The molecule has 4 aromatic rings. The van der Waals surface area contributed by atoms with E-state index in [1.807, 2.05) is 72.8 Å². The van der Waals surface area contributed by atoms with Crippen LogP contribution in [0.2, 0.25) is 0 Å². The molecule has 0 fully saturated rings. The highest BCUT2D eigenvalue weighted by molar-refractivity contribution is 7.22. The molecule has 0 bridgehead atoms. The summed E-state index contributed by atoms with van der Waals surface area (Å²) in [6.45, 7) is 0.223. The van der Waals surface area contributed by atoms with E-state index in [1.165, 1.54) is 11.3 Å². The van der Waals surface area contributed by atoms with Crippen molar-refractivity contribution in [3.63, 3.8) is 0 Å². The predicted molar refractivity (Wildman–Crippen MR) is 113 cm³/mol. The lowest BCUT2D eigenvalue weighted by molar-refractivity contribution is 0.174. The number of ether oxygens (including phenoxy) is 2. The number of thiazole rings is 1. The van der Waals surface area contributed by atoms with Crippen LogP contribution in [-0.4, -0.2) is 17.8 Å². The molecule has 7 heteroatoms. The maximum Gasteiger partial charge on any atom is 0.321 e. The monoisotopic (exact) mass is 403 g/mol. The van der Waals surface area contributed by atoms with Crippen LogP contribution in [0.3, 0.4) is 0 Å². The lowest BCUT2D eigenvalue weighted by atomic mass is 9.99. The van der Waals surface area contributed by atoms with E-state index < -0.39 is 0 Å². The Balaban J connectivity index is 1.37. The van der Waals surface area contributed by atoms with Crippen molar-refractivity contribution in [2.45, 2.75) is 6.04 Å². The molecule has 0 saturated carbocycles. The predicted octanol–water partition coefficient (Wildman–Crippen LogP) is 4.94. The van der Waals surface area contributed by atoms with Crippen molar-refractivity contribution in [2.24, 2.45) is 0 Å². The van der Waals surface area contributed by atoms with Gasteiger partial charge in [0.05, 0.1) is 16.3 Å². The third-order valence-corrected chi connectivity index (χ3v) is 5.58. The summed E-state index contributed by atoms with van der Waals surface area (Å²) in [5, 5.41) is 6.42. The van der Waals surface area contributed by atoms with Crippen LogP contribution in [0.15, 0.2) is 72.8 Å². The normalized spacial score (nSPS) is 12.3. The summed E-state index contributed by atoms with van der Waals surface area (Å²) in [5.74, 6) is 1.37. The third kappa shape index (κ3) is 3.60. The molecule has 0 aliphatic carbocycles. The molecule has 1 aliphatic rings. The van der Waals surface area contributed by atoms with Gasteiger partial charge in [-0.3, -0.25) is 5.32 Å². The molecule has 2 N–H and O–H groups in total. The van der Waals surface area contributed by atoms with Crippen LogP contribution in [0.25, 0.3) is 10.2 Å². The van der Waals surface area contributed by atoms with Gasteiger partial charge in [-0.1, -0.05) is 72.0 Å². The molecular weight excluding hydrogens is 386 g/mol. The van der Waals surface area contributed by atoms with Gasteiger partial charge in [0.15, 0.2) is 16.6 Å². The van der Waals surface area contributed by atoms with Crippen molar-refractivity contribution >= 4 is 32.7 Å².